The van der Waals surface area contributed by atoms with E-state index in [4.69, 9.17) is 0 Å². The third kappa shape index (κ3) is 4.07. The van der Waals surface area contributed by atoms with Gasteiger partial charge in [0.15, 0.2) is 0 Å². The molecule has 2 heterocycles. The molecule has 0 spiro atoms. The number of hydrogen-bond acceptors (Lipinski definition) is 3. The van der Waals surface area contributed by atoms with Crippen LogP contribution >= 0.6 is 0 Å². The van der Waals surface area contributed by atoms with Gasteiger partial charge in [0.1, 0.15) is 5.82 Å². The van der Waals surface area contributed by atoms with Gasteiger partial charge in [0, 0.05) is 51.4 Å². The number of aromatic nitrogens is 2. The minimum atomic E-state index is 0.270. The quantitative estimate of drug-likeness (QED) is 0.825. The van der Waals surface area contributed by atoms with Crippen LogP contribution in [0, 0.1) is 5.92 Å². The molecule has 0 aromatic carbocycles. The van der Waals surface area contributed by atoms with Crippen molar-refractivity contribution in [3.63, 3.8) is 0 Å². The Labute approximate surface area is 121 Å². The van der Waals surface area contributed by atoms with E-state index < -0.39 is 0 Å². The average molecular weight is 278 g/mol. The molecule has 5 heteroatoms. The first-order valence-corrected chi connectivity index (χ1v) is 7.53. The number of H-pyrrole nitrogens is 1. The highest BCUT2D eigenvalue weighted by Gasteiger charge is 2.27. The van der Waals surface area contributed by atoms with Crippen LogP contribution < -0.4 is 0 Å². The normalized spacial score (nSPS) is 19.3. The van der Waals surface area contributed by atoms with E-state index in [0.29, 0.717) is 12.3 Å². The largest absolute Gasteiger partial charge is 0.345 e. The zero-order valence-corrected chi connectivity index (χ0v) is 12.9. The minimum absolute atomic E-state index is 0.270. The van der Waals surface area contributed by atoms with Crippen LogP contribution in [-0.4, -0.2) is 52.9 Å². The van der Waals surface area contributed by atoms with Crippen LogP contribution in [0.3, 0.4) is 0 Å². The van der Waals surface area contributed by atoms with Gasteiger partial charge < -0.3 is 14.8 Å². The van der Waals surface area contributed by atoms with Crippen molar-refractivity contribution in [2.75, 3.05) is 27.2 Å². The zero-order chi connectivity index (χ0) is 14.5. The summed E-state index contributed by atoms with van der Waals surface area (Å²) < 4.78 is 0. The number of carbonyl (C=O) groups excluding carboxylic acids is 1. The van der Waals surface area contributed by atoms with E-state index in [2.05, 4.69) is 28.8 Å². The molecule has 1 aliphatic rings. The molecule has 1 aromatic rings. The number of amides is 1. The highest BCUT2D eigenvalue weighted by Crippen LogP contribution is 2.17. The highest BCUT2D eigenvalue weighted by atomic mass is 16.2. The molecule has 0 aliphatic carbocycles. The molecule has 1 saturated heterocycles. The second-order valence-electron chi connectivity index (χ2n) is 6.00. The molecule has 2 rings (SSSR count). The molecule has 0 saturated carbocycles. The molecule has 1 aromatic heterocycles. The Morgan fingerprint density at radius 1 is 1.55 bits per heavy atom. The molecular weight excluding hydrogens is 252 g/mol. The average Bonchev–Trinajstić information content (AvgIpc) is 2.94. The van der Waals surface area contributed by atoms with E-state index in [0.717, 1.165) is 37.6 Å². The fraction of sp³-hybridized carbons (Fsp3) is 0.733. The van der Waals surface area contributed by atoms with Crippen LogP contribution in [-0.2, 0) is 17.8 Å². The maximum absolute atomic E-state index is 11.5. The lowest BCUT2D eigenvalue weighted by molar-refractivity contribution is -0.126. The van der Waals surface area contributed by atoms with E-state index in [1.165, 1.54) is 12.8 Å². The summed E-state index contributed by atoms with van der Waals surface area (Å²) in [6.45, 7) is 4.90. The first-order valence-electron chi connectivity index (χ1n) is 7.53. The lowest BCUT2D eigenvalue weighted by Crippen LogP contribution is -2.27. The van der Waals surface area contributed by atoms with E-state index in [1.807, 2.05) is 18.1 Å². The van der Waals surface area contributed by atoms with Crippen molar-refractivity contribution in [3.05, 3.63) is 17.7 Å². The topological polar surface area (TPSA) is 52.2 Å². The molecule has 0 unspecified atom stereocenters. The lowest BCUT2D eigenvalue weighted by Gasteiger charge is -2.19. The Hall–Kier alpha value is -1.36. The Balaban J connectivity index is 1.78. The molecule has 112 valence electrons. The number of nitrogens with one attached hydrogen (secondary N) is 1. The number of likely N-dealkylation sites (tertiary alicyclic amines) is 1. The number of aromatic amines is 1. The minimum Gasteiger partial charge on any atom is -0.345 e. The van der Waals surface area contributed by atoms with Crippen LogP contribution in [0.1, 0.15) is 37.7 Å². The van der Waals surface area contributed by atoms with E-state index in [1.54, 1.807) is 0 Å². The van der Waals surface area contributed by atoms with Gasteiger partial charge in [0.05, 0.1) is 0 Å². The maximum atomic E-state index is 11.5. The summed E-state index contributed by atoms with van der Waals surface area (Å²) in [6, 6.07) is 0. The monoisotopic (exact) mass is 278 g/mol. The number of imidazole rings is 1. The Bertz CT molecular complexity index is 443. The molecule has 0 bridgehead atoms. The van der Waals surface area contributed by atoms with Gasteiger partial charge in [-0.1, -0.05) is 13.3 Å². The predicted molar refractivity (Wildman–Crippen MR) is 79.3 cm³/mol. The van der Waals surface area contributed by atoms with Gasteiger partial charge in [-0.25, -0.2) is 4.98 Å². The van der Waals surface area contributed by atoms with Crippen LogP contribution in [0.25, 0.3) is 0 Å². The van der Waals surface area contributed by atoms with Crippen molar-refractivity contribution in [1.29, 1.82) is 0 Å². The molecule has 0 radical (unpaired) electrons. The second-order valence-corrected chi connectivity index (χ2v) is 6.00. The molecule has 1 atom stereocenters. The third-order valence-electron chi connectivity index (χ3n) is 3.88. The number of unbranched alkanes of at least 4 members (excludes halogenated alkanes) is 1. The number of aryl methyl sites for hydroxylation is 1. The summed E-state index contributed by atoms with van der Waals surface area (Å²) in [5.74, 6) is 1.82. The standard InChI is InChI=1S/C15H26N4O/c1-4-5-6-14-16-8-13(17-14)11-18(2)9-12-7-15(20)19(3)10-12/h8,12H,4-7,9-11H2,1-3H3,(H,16,17)/t12-/m1/s1. The summed E-state index contributed by atoms with van der Waals surface area (Å²) in [4.78, 5) is 23.4. The number of carbonyl (C=O) groups is 1. The molecule has 1 amide bonds. The van der Waals surface area contributed by atoms with E-state index in [9.17, 15) is 4.79 Å². The summed E-state index contributed by atoms with van der Waals surface area (Å²) in [7, 11) is 3.99. The maximum Gasteiger partial charge on any atom is 0.222 e. The fourth-order valence-electron chi connectivity index (χ4n) is 2.83. The molecular formula is C15H26N4O. The van der Waals surface area contributed by atoms with Crippen LogP contribution in [0.15, 0.2) is 6.20 Å². The van der Waals surface area contributed by atoms with Crippen molar-refractivity contribution in [3.8, 4) is 0 Å². The first kappa shape index (κ1) is 15.0. The smallest absolute Gasteiger partial charge is 0.222 e. The Morgan fingerprint density at radius 2 is 2.35 bits per heavy atom. The van der Waals surface area contributed by atoms with Gasteiger partial charge in [-0.3, -0.25) is 4.79 Å². The van der Waals surface area contributed by atoms with Gasteiger partial charge in [0.2, 0.25) is 5.91 Å². The van der Waals surface area contributed by atoms with Gasteiger partial charge >= 0.3 is 0 Å². The molecule has 5 nitrogen and oxygen atoms in total. The van der Waals surface area contributed by atoms with Crippen molar-refractivity contribution in [2.24, 2.45) is 5.92 Å². The number of hydrogen-bond donors (Lipinski definition) is 1. The summed E-state index contributed by atoms with van der Waals surface area (Å²) in [6.07, 6.45) is 6.03. The van der Waals surface area contributed by atoms with Crippen LogP contribution in [0.2, 0.25) is 0 Å². The summed E-state index contributed by atoms with van der Waals surface area (Å²) in [5, 5.41) is 0. The Kier molecular flexibility index (Phi) is 5.17. The lowest BCUT2D eigenvalue weighted by atomic mass is 10.1. The molecule has 20 heavy (non-hydrogen) atoms. The molecule has 1 N–H and O–H groups in total. The van der Waals surface area contributed by atoms with E-state index in [-0.39, 0.29) is 5.91 Å². The van der Waals surface area contributed by atoms with Crippen molar-refractivity contribution < 1.29 is 4.79 Å². The van der Waals surface area contributed by atoms with Crippen molar-refractivity contribution in [1.82, 2.24) is 19.8 Å². The Morgan fingerprint density at radius 3 is 3.00 bits per heavy atom. The highest BCUT2D eigenvalue weighted by molar-refractivity contribution is 5.78. The summed E-state index contributed by atoms with van der Waals surface area (Å²) >= 11 is 0. The van der Waals surface area contributed by atoms with Gasteiger partial charge in [-0.05, 0) is 19.4 Å². The zero-order valence-electron chi connectivity index (χ0n) is 12.9. The molecule has 1 fully saturated rings. The predicted octanol–water partition coefficient (Wildman–Crippen LogP) is 1.66. The second kappa shape index (κ2) is 6.88. The van der Waals surface area contributed by atoms with Gasteiger partial charge in [-0.15, -0.1) is 0 Å². The van der Waals surface area contributed by atoms with E-state index >= 15 is 0 Å². The first-order chi connectivity index (χ1) is 9.58. The van der Waals surface area contributed by atoms with Gasteiger partial charge in [0.25, 0.3) is 0 Å². The SMILES string of the molecule is CCCCc1ncc(CN(C)C[C@H]2CC(=O)N(C)C2)[nH]1. The van der Waals surface area contributed by atoms with Crippen molar-refractivity contribution >= 4 is 5.91 Å². The van der Waals surface area contributed by atoms with Gasteiger partial charge in [-0.2, -0.15) is 0 Å². The fourth-order valence-corrected chi connectivity index (χ4v) is 2.83. The summed E-state index contributed by atoms with van der Waals surface area (Å²) in [5.41, 5.74) is 1.16. The number of nitrogens with zero attached hydrogens (tertiary/aromatic N) is 3. The third-order valence-corrected chi connectivity index (χ3v) is 3.88. The van der Waals surface area contributed by atoms with Crippen LogP contribution in [0.5, 0.6) is 0 Å². The number of rotatable bonds is 7. The van der Waals surface area contributed by atoms with Crippen LogP contribution in [0.4, 0.5) is 0 Å². The van der Waals surface area contributed by atoms with Crippen molar-refractivity contribution in [2.45, 2.75) is 39.2 Å². The molecule has 1 aliphatic heterocycles.